The van der Waals surface area contributed by atoms with E-state index in [1.54, 1.807) is 13.2 Å². The van der Waals surface area contributed by atoms with Gasteiger partial charge in [-0.05, 0) is 13.0 Å². The molecule has 26 heavy (non-hydrogen) atoms. The van der Waals surface area contributed by atoms with E-state index in [-0.39, 0.29) is 18.4 Å². The summed E-state index contributed by atoms with van der Waals surface area (Å²) in [5.74, 6) is 1.45. The highest BCUT2D eigenvalue weighted by molar-refractivity contribution is 5.78. The molecule has 140 valence electrons. The summed E-state index contributed by atoms with van der Waals surface area (Å²) in [4.78, 5) is 14.6. The highest BCUT2D eigenvalue weighted by atomic mass is 16.5. The molecule has 1 amide bonds. The van der Waals surface area contributed by atoms with Crippen molar-refractivity contribution in [2.24, 2.45) is 0 Å². The Bertz CT molecular complexity index is 725. The van der Waals surface area contributed by atoms with Gasteiger partial charge in [-0.15, -0.1) is 0 Å². The van der Waals surface area contributed by atoms with Crippen LogP contribution in [-0.4, -0.2) is 55.9 Å². The average molecular weight is 359 g/mol. The van der Waals surface area contributed by atoms with Crippen LogP contribution in [0, 0.1) is 6.92 Å². The lowest BCUT2D eigenvalue weighted by atomic mass is 10.0. The molecule has 1 aromatic carbocycles. The Hall–Kier alpha value is -2.38. The van der Waals surface area contributed by atoms with Crippen molar-refractivity contribution < 1.29 is 18.8 Å². The summed E-state index contributed by atoms with van der Waals surface area (Å²) < 4.78 is 16.0. The third-order valence-electron chi connectivity index (χ3n) is 4.50. The lowest BCUT2D eigenvalue weighted by Crippen LogP contribution is -2.44. The summed E-state index contributed by atoms with van der Waals surface area (Å²) in [6.45, 7) is 5.33. The monoisotopic (exact) mass is 359 g/mol. The number of carbonyl (C=O) groups excluding carboxylic acids is 1. The van der Waals surface area contributed by atoms with Crippen LogP contribution in [0.2, 0.25) is 0 Å². The predicted molar refractivity (Wildman–Crippen MR) is 96.1 cm³/mol. The van der Waals surface area contributed by atoms with Crippen molar-refractivity contribution in [2.75, 3.05) is 40.0 Å². The zero-order valence-corrected chi connectivity index (χ0v) is 15.2. The molecule has 0 saturated carbocycles. The minimum atomic E-state index is -0.0774. The number of carbonyl (C=O) groups is 1. The van der Waals surface area contributed by atoms with Crippen LogP contribution >= 0.6 is 0 Å². The minimum Gasteiger partial charge on any atom is -0.496 e. The van der Waals surface area contributed by atoms with Gasteiger partial charge in [0.1, 0.15) is 11.5 Å². The minimum absolute atomic E-state index is 0.0260. The fourth-order valence-corrected chi connectivity index (χ4v) is 3.21. The van der Waals surface area contributed by atoms with E-state index >= 15 is 0 Å². The largest absolute Gasteiger partial charge is 0.496 e. The molecule has 3 rings (SSSR count). The molecule has 0 radical (unpaired) electrons. The van der Waals surface area contributed by atoms with Gasteiger partial charge in [0, 0.05) is 31.3 Å². The first kappa shape index (κ1) is 18.4. The van der Waals surface area contributed by atoms with Crippen molar-refractivity contribution in [2.45, 2.75) is 19.4 Å². The third kappa shape index (κ3) is 4.62. The molecule has 7 nitrogen and oxygen atoms in total. The fraction of sp³-hybridized carbons (Fsp3) is 0.474. The molecule has 1 aliphatic rings. The summed E-state index contributed by atoms with van der Waals surface area (Å²) >= 11 is 0. The average Bonchev–Trinajstić information content (AvgIpc) is 3.07. The van der Waals surface area contributed by atoms with Crippen molar-refractivity contribution in [3.63, 3.8) is 0 Å². The number of methoxy groups -OCH3 is 1. The zero-order valence-electron chi connectivity index (χ0n) is 15.2. The molecule has 1 saturated heterocycles. The fourth-order valence-electron chi connectivity index (χ4n) is 3.21. The van der Waals surface area contributed by atoms with Gasteiger partial charge in [0.2, 0.25) is 5.91 Å². The van der Waals surface area contributed by atoms with E-state index in [2.05, 4.69) is 15.4 Å². The van der Waals surface area contributed by atoms with Crippen LogP contribution in [0.15, 0.2) is 34.9 Å². The molecule has 1 unspecified atom stereocenters. The summed E-state index contributed by atoms with van der Waals surface area (Å²) in [5, 5.41) is 6.90. The number of aryl methyl sites for hydroxylation is 1. The molecular weight excluding hydrogens is 334 g/mol. The number of ether oxygens (including phenoxy) is 2. The van der Waals surface area contributed by atoms with Crippen molar-refractivity contribution >= 4 is 5.91 Å². The Labute approximate surface area is 153 Å². The maximum absolute atomic E-state index is 12.3. The molecule has 0 aliphatic carbocycles. The molecule has 1 N–H and O–H groups in total. The van der Waals surface area contributed by atoms with E-state index in [1.807, 2.05) is 31.2 Å². The smallest absolute Gasteiger partial charge is 0.226 e. The van der Waals surface area contributed by atoms with Crippen molar-refractivity contribution in [1.29, 1.82) is 0 Å². The van der Waals surface area contributed by atoms with Gasteiger partial charge in [-0.2, -0.15) is 0 Å². The summed E-state index contributed by atoms with van der Waals surface area (Å²) in [6.07, 6.45) is 0.207. The first-order valence-corrected chi connectivity index (χ1v) is 8.81. The highest BCUT2D eigenvalue weighted by Crippen LogP contribution is 2.29. The highest BCUT2D eigenvalue weighted by Gasteiger charge is 2.25. The van der Waals surface area contributed by atoms with Crippen LogP contribution in [-0.2, 0) is 16.0 Å². The number of morpholine rings is 1. The van der Waals surface area contributed by atoms with Crippen LogP contribution in [0.25, 0.3) is 0 Å². The summed E-state index contributed by atoms with van der Waals surface area (Å²) in [6, 6.07) is 9.74. The van der Waals surface area contributed by atoms with E-state index in [0.717, 1.165) is 24.4 Å². The number of hydrogen-bond donors (Lipinski definition) is 1. The molecule has 1 fully saturated rings. The second-order valence-corrected chi connectivity index (χ2v) is 6.32. The van der Waals surface area contributed by atoms with Gasteiger partial charge < -0.3 is 19.3 Å². The van der Waals surface area contributed by atoms with Gasteiger partial charge in [-0.25, -0.2) is 0 Å². The number of hydrogen-bond acceptors (Lipinski definition) is 6. The second kappa shape index (κ2) is 8.82. The Kier molecular flexibility index (Phi) is 6.25. The predicted octanol–water partition coefficient (Wildman–Crippen LogP) is 1.72. The Balaban J connectivity index is 1.70. The number of nitrogens with zero attached hydrogens (tertiary/aromatic N) is 2. The van der Waals surface area contributed by atoms with Crippen LogP contribution < -0.4 is 10.1 Å². The van der Waals surface area contributed by atoms with Crippen LogP contribution in [0.3, 0.4) is 0 Å². The first-order valence-electron chi connectivity index (χ1n) is 8.81. The number of rotatable bonds is 7. The van der Waals surface area contributed by atoms with E-state index < -0.39 is 0 Å². The third-order valence-corrected chi connectivity index (χ3v) is 4.50. The quantitative estimate of drug-likeness (QED) is 0.811. The number of para-hydroxylation sites is 1. The number of aromatic nitrogens is 1. The normalized spacial score (nSPS) is 16.2. The Morgan fingerprint density at radius 2 is 2.12 bits per heavy atom. The molecule has 7 heteroatoms. The number of benzene rings is 1. The van der Waals surface area contributed by atoms with Crippen molar-refractivity contribution in [3.8, 4) is 5.75 Å². The topological polar surface area (TPSA) is 76.8 Å². The Morgan fingerprint density at radius 1 is 1.35 bits per heavy atom. The van der Waals surface area contributed by atoms with Gasteiger partial charge in [0.15, 0.2) is 0 Å². The summed E-state index contributed by atoms with van der Waals surface area (Å²) in [7, 11) is 1.67. The molecule has 0 spiro atoms. The van der Waals surface area contributed by atoms with Gasteiger partial charge in [-0.1, -0.05) is 23.4 Å². The number of nitrogens with one attached hydrogen (secondary N) is 1. The zero-order chi connectivity index (χ0) is 18.4. The molecule has 2 heterocycles. The van der Waals surface area contributed by atoms with Gasteiger partial charge in [0.05, 0.1) is 38.5 Å². The maximum Gasteiger partial charge on any atom is 0.226 e. The number of amides is 1. The van der Waals surface area contributed by atoms with E-state index in [9.17, 15) is 4.79 Å². The van der Waals surface area contributed by atoms with Crippen LogP contribution in [0.5, 0.6) is 5.75 Å². The molecular formula is C19H25N3O4. The molecule has 2 aromatic rings. The van der Waals surface area contributed by atoms with Crippen molar-refractivity contribution in [3.05, 3.63) is 47.3 Å². The van der Waals surface area contributed by atoms with E-state index in [4.69, 9.17) is 14.0 Å². The standard InChI is InChI=1S/C19H25N3O4/c1-14-11-15(21-26-14)12-19(23)20-13-17(22-7-9-25-10-8-22)16-5-3-4-6-18(16)24-2/h3-6,11,17H,7-10,12-13H2,1-2H3,(H,20,23). The molecule has 1 aromatic heterocycles. The molecule has 1 atom stereocenters. The van der Waals surface area contributed by atoms with E-state index in [0.29, 0.717) is 31.2 Å². The Morgan fingerprint density at radius 3 is 2.81 bits per heavy atom. The second-order valence-electron chi connectivity index (χ2n) is 6.32. The van der Waals surface area contributed by atoms with E-state index in [1.165, 1.54) is 0 Å². The lowest BCUT2D eigenvalue weighted by Gasteiger charge is -2.35. The van der Waals surface area contributed by atoms with Gasteiger partial charge in [0.25, 0.3) is 0 Å². The summed E-state index contributed by atoms with van der Waals surface area (Å²) in [5.41, 5.74) is 1.70. The van der Waals surface area contributed by atoms with Gasteiger partial charge >= 0.3 is 0 Å². The first-order chi connectivity index (χ1) is 12.7. The van der Waals surface area contributed by atoms with Crippen molar-refractivity contribution in [1.82, 2.24) is 15.4 Å². The lowest BCUT2D eigenvalue weighted by molar-refractivity contribution is -0.120. The molecule has 1 aliphatic heterocycles. The molecule has 0 bridgehead atoms. The SMILES string of the molecule is COc1ccccc1C(CNC(=O)Cc1cc(C)on1)N1CCOCC1. The van der Waals surface area contributed by atoms with Crippen LogP contribution in [0.1, 0.15) is 23.1 Å². The van der Waals surface area contributed by atoms with Gasteiger partial charge in [-0.3, -0.25) is 9.69 Å². The maximum atomic E-state index is 12.3. The van der Waals surface area contributed by atoms with Crippen LogP contribution in [0.4, 0.5) is 0 Å².